The first kappa shape index (κ1) is 24.9. The van der Waals surface area contributed by atoms with E-state index >= 15 is 0 Å². The standard InChI is InChI=1S/C22H28FN5O6S/c1-22(2,3)34-21(30)27-5-4-18(17(23)10-27)33-20-16(19(24)29)6-13(7-25-20)14-8-26-28(9-14)15-11-35(31,32)12-15/h6-9,15,17-18H,4-5,10-12H2,1-3H3,(H2,24,29)/t17-,18?/m1/s1. The van der Waals surface area contributed by atoms with Crippen molar-refractivity contribution >= 4 is 21.8 Å². The fourth-order valence-electron chi connectivity index (χ4n) is 3.91. The highest BCUT2D eigenvalue weighted by Gasteiger charge is 2.37. The number of halogens is 1. The number of carbonyl (C=O) groups is 2. The Kier molecular flexibility index (Phi) is 6.47. The molecule has 2 saturated heterocycles. The van der Waals surface area contributed by atoms with Crippen molar-refractivity contribution in [3.63, 3.8) is 0 Å². The van der Waals surface area contributed by atoms with Crippen LogP contribution in [0.5, 0.6) is 5.88 Å². The fraction of sp³-hybridized carbons (Fsp3) is 0.545. The minimum absolute atomic E-state index is 0.0248. The van der Waals surface area contributed by atoms with Crippen LogP contribution in [0.15, 0.2) is 24.7 Å². The number of rotatable bonds is 5. The van der Waals surface area contributed by atoms with Crippen LogP contribution in [0.25, 0.3) is 11.1 Å². The predicted octanol–water partition coefficient (Wildman–Crippen LogP) is 1.74. The molecule has 0 spiro atoms. The monoisotopic (exact) mass is 509 g/mol. The highest BCUT2D eigenvalue weighted by atomic mass is 32.2. The van der Waals surface area contributed by atoms with Gasteiger partial charge in [-0.1, -0.05) is 0 Å². The van der Waals surface area contributed by atoms with E-state index in [0.29, 0.717) is 11.1 Å². The number of nitrogens with zero attached hydrogens (tertiary/aromatic N) is 4. The van der Waals surface area contributed by atoms with Gasteiger partial charge in [0.15, 0.2) is 16.0 Å². The summed E-state index contributed by atoms with van der Waals surface area (Å²) in [5.41, 5.74) is 5.95. The highest BCUT2D eigenvalue weighted by Crippen LogP contribution is 2.29. The molecule has 35 heavy (non-hydrogen) atoms. The normalized spacial score (nSPS) is 22.3. The first-order chi connectivity index (χ1) is 16.3. The van der Waals surface area contributed by atoms with Crippen molar-refractivity contribution in [3.05, 3.63) is 30.2 Å². The average Bonchev–Trinajstić information content (AvgIpc) is 3.22. The molecule has 2 aromatic rings. The Bertz CT molecular complexity index is 1230. The number of primary amides is 1. The van der Waals surface area contributed by atoms with Gasteiger partial charge in [0.1, 0.15) is 17.3 Å². The Balaban J connectivity index is 1.45. The van der Waals surface area contributed by atoms with E-state index in [4.69, 9.17) is 15.2 Å². The Morgan fingerprint density at radius 1 is 1.20 bits per heavy atom. The minimum atomic E-state index is -3.00. The third-order valence-electron chi connectivity index (χ3n) is 5.71. The zero-order chi connectivity index (χ0) is 25.5. The number of carbonyl (C=O) groups excluding carboxylic acids is 2. The summed E-state index contributed by atoms with van der Waals surface area (Å²) in [6, 6.07) is 1.25. The minimum Gasteiger partial charge on any atom is -0.471 e. The molecule has 4 heterocycles. The van der Waals surface area contributed by atoms with Crippen LogP contribution in [0.1, 0.15) is 43.6 Å². The number of piperidine rings is 1. The zero-order valence-electron chi connectivity index (χ0n) is 19.7. The second-order valence-corrected chi connectivity index (χ2v) is 11.9. The maximum Gasteiger partial charge on any atom is 0.410 e. The summed E-state index contributed by atoms with van der Waals surface area (Å²) in [6.07, 6.45) is 1.80. The second kappa shape index (κ2) is 9.10. The molecule has 2 amide bonds. The Morgan fingerprint density at radius 2 is 1.91 bits per heavy atom. The van der Waals surface area contributed by atoms with Gasteiger partial charge in [-0.3, -0.25) is 9.48 Å². The summed E-state index contributed by atoms with van der Waals surface area (Å²) in [5.74, 6) is -0.837. The zero-order valence-corrected chi connectivity index (χ0v) is 20.5. The number of alkyl halides is 1. The lowest BCUT2D eigenvalue weighted by Crippen LogP contribution is -2.50. The summed E-state index contributed by atoms with van der Waals surface area (Å²) in [5, 5.41) is 4.21. The van der Waals surface area contributed by atoms with Crippen LogP contribution in [-0.2, 0) is 14.6 Å². The SMILES string of the molecule is CC(C)(C)OC(=O)N1CCC(Oc2ncc(-c3cnn(C4CS(=O)(=O)C4)c3)cc2C(N)=O)[C@H](F)C1. The van der Waals surface area contributed by atoms with Gasteiger partial charge in [-0.05, 0) is 26.8 Å². The maximum absolute atomic E-state index is 14.9. The molecule has 0 aromatic carbocycles. The number of nitrogens with two attached hydrogens (primary N) is 1. The lowest BCUT2D eigenvalue weighted by molar-refractivity contribution is -0.0115. The molecule has 13 heteroatoms. The van der Waals surface area contributed by atoms with Crippen LogP contribution >= 0.6 is 0 Å². The van der Waals surface area contributed by atoms with Crippen molar-refractivity contribution in [2.45, 2.75) is 51.1 Å². The Hall–Kier alpha value is -3.22. The van der Waals surface area contributed by atoms with Crippen LogP contribution in [0, 0.1) is 0 Å². The van der Waals surface area contributed by atoms with Gasteiger partial charge in [0.25, 0.3) is 5.91 Å². The molecule has 2 aliphatic heterocycles. The van der Waals surface area contributed by atoms with E-state index in [1.54, 1.807) is 31.6 Å². The van der Waals surface area contributed by atoms with Crippen LogP contribution < -0.4 is 10.5 Å². The third kappa shape index (κ3) is 5.72. The van der Waals surface area contributed by atoms with Gasteiger partial charge in [0, 0.05) is 36.5 Å². The van der Waals surface area contributed by atoms with Gasteiger partial charge in [-0.15, -0.1) is 0 Å². The molecular weight excluding hydrogens is 481 g/mol. The number of pyridine rings is 1. The van der Waals surface area contributed by atoms with Gasteiger partial charge < -0.3 is 20.1 Å². The maximum atomic E-state index is 14.9. The first-order valence-electron chi connectivity index (χ1n) is 11.1. The molecule has 0 radical (unpaired) electrons. The molecule has 2 atom stereocenters. The smallest absolute Gasteiger partial charge is 0.410 e. The van der Waals surface area contributed by atoms with Crippen molar-refractivity contribution in [3.8, 4) is 17.0 Å². The van der Waals surface area contributed by atoms with E-state index in [-0.39, 0.29) is 48.5 Å². The number of likely N-dealkylation sites (tertiary alicyclic amines) is 1. The number of hydrogen-bond donors (Lipinski definition) is 1. The summed E-state index contributed by atoms with van der Waals surface area (Å²) < 4.78 is 50.3. The summed E-state index contributed by atoms with van der Waals surface area (Å²) >= 11 is 0. The first-order valence-corrected chi connectivity index (χ1v) is 13.0. The van der Waals surface area contributed by atoms with Crippen molar-refractivity contribution < 1.29 is 31.9 Å². The van der Waals surface area contributed by atoms with Gasteiger partial charge in [0.05, 0.1) is 30.3 Å². The van der Waals surface area contributed by atoms with Crippen molar-refractivity contribution in [1.29, 1.82) is 0 Å². The van der Waals surface area contributed by atoms with Gasteiger partial charge >= 0.3 is 6.09 Å². The topological polar surface area (TPSA) is 147 Å². The van der Waals surface area contributed by atoms with E-state index in [0.717, 1.165) is 0 Å². The molecule has 0 saturated carbocycles. The lowest BCUT2D eigenvalue weighted by atomic mass is 10.1. The molecule has 2 aromatic heterocycles. The lowest BCUT2D eigenvalue weighted by Gasteiger charge is -2.35. The number of aromatic nitrogens is 3. The molecule has 2 aliphatic rings. The van der Waals surface area contributed by atoms with Crippen LogP contribution in [0.3, 0.4) is 0 Å². The third-order valence-corrected chi connectivity index (χ3v) is 7.50. The van der Waals surface area contributed by atoms with Gasteiger partial charge in [0.2, 0.25) is 5.88 Å². The van der Waals surface area contributed by atoms with E-state index in [1.807, 2.05) is 0 Å². The predicted molar refractivity (Wildman–Crippen MR) is 123 cm³/mol. The molecule has 1 unspecified atom stereocenters. The molecule has 0 bridgehead atoms. The molecule has 0 aliphatic carbocycles. The summed E-state index contributed by atoms with van der Waals surface area (Å²) in [6.45, 7) is 5.21. The quantitative estimate of drug-likeness (QED) is 0.641. The molecule has 4 rings (SSSR count). The van der Waals surface area contributed by atoms with E-state index < -0.39 is 39.7 Å². The van der Waals surface area contributed by atoms with E-state index in [2.05, 4.69) is 10.1 Å². The summed E-state index contributed by atoms with van der Waals surface area (Å²) in [7, 11) is -3.00. The average molecular weight is 510 g/mol. The fourth-order valence-corrected chi connectivity index (χ4v) is 5.29. The number of amides is 2. The molecular formula is C22H28FN5O6S. The van der Waals surface area contributed by atoms with Crippen molar-refractivity contribution in [1.82, 2.24) is 19.7 Å². The second-order valence-electron chi connectivity index (χ2n) is 9.77. The molecule has 2 fully saturated rings. The summed E-state index contributed by atoms with van der Waals surface area (Å²) in [4.78, 5) is 29.8. The largest absolute Gasteiger partial charge is 0.471 e. The molecule has 11 nitrogen and oxygen atoms in total. The highest BCUT2D eigenvalue weighted by molar-refractivity contribution is 7.92. The van der Waals surface area contributed by atoms with Crippen LogP contribution in [0.4, 0.5) is 9.18 Å². The number of ether oxygens (including phenoxy) is 2. The number of hydrogen-bond acceptors (Lipinski definition) is 8. The van der Waals surface area contributed by atoms with E-state index in [1.165, 1.54) is 23.4 Å². The molecule has 190 valence electrons. The van der Waals surface area contributed by atoms with Gasteiger partial charge in [-0.2, -0.15) is 5.10 Å². The Morgan fingerprint density at radius 3 is 2.51 bits per heavy atom. The number of sulfone groups is 1. The van der Waals surface area contributed by atoms with Crippen LogP contribution in [-0.4, -0.2) is 82.6 Å². The Labute approximate surface area is 202 Å². The van der Waals surface area contributed by atoms with Crippen LogP contribution in [0.2, 0.25) is 0 Å². The molecule has 2 N–H and O–H groups in total. The van der Waals surface area contributed by atoms with E-state index in [9.17, 15) is 22.4 Å². The van der Waals surface area contributed by atoms with Gasteiger partial charge in [-0.25, -0.2) is 22.6 Å². The van der Waals surface area contributed by atoms with Crippen molar-refractivity contribution in [2.75, 3.05) is 24.6 Å². The van der Waals surface area contributed by atoms with Crippen molar-refractivity contribution in [2.24, 2.45) is 5.73 Å².